The summed E-state index contributed by atoms with van der Waals surface area (Å²) in [6, 6.07) is 24.0. The quantitative estimate of drug-likeness (QED) is 0.432. The second-order valence-electron chi connectivity index (χ2n) is 6.93. The number of hydrogen-bond donors (Lipinski definition) is 1. The van der Waals surface area contributed by atoms with E-state index < -0.39 is 10.0 Å². The van der Waals surface area contributed by atoms with Crippen molar-refractivity contribution in [1.82, 2.24) is 4.72 Å². The van der Waals surface area contributed by atoms with Crippen LogP contribution in [0.4, 0.5) is 0 Å². The number of ether oxygens (including phenoxy) is 3. The Kier molecular flexibility index (Phi) is 8.61. The molecule has 0 unspecified atom stereocenters. The summed E-state index contributed by atoms with van der Waals surface area (Å²) < 4.78 is 43.8. The van der Waals surface area contributed by atoms with Gasteiger partial charge in [0.1, 0.15) is 12.4 Å². The number of nitrogens with one attached hydrogen (secondary N) is 1. The van der Waals surface area contributed by atoms with Gasteiger partial charge in [0.2, 0.25) is 10.0 Å². The molecule has 0 fully saturated rings. The lowest BCUT2D eigenvalue weighted by molar-refractivity contribution is 0.107. The number of sulfonamides is 1. The third-order valence-electron chi connectivity index (χ3n) is 4.56. The lowest BCUT2D eigenvalue weighted by Crippen LogP contribution is -2.23. The molecule has 0 saturated heterocycles. The summed E-state index contributed by atoms with van der Waals surface area (Å²) in [6.45, 7) is 2.14. The van der Waals surface area contributed by atoms with Gasteiger partial charge in [-0.25, -0.2) is 13.1 Å². The van der Waals surface area contributed by atoms with E-state index in [1.807, 2.05) is 54.6 Å². The maximum Gasteiger partial charge on any atom is 0.240 e. The first-order chi connectivity index (χ1) is 15.1. The Morgan fingerprint density at radius 2 is 1.35 bits per heavy atom. The molecule has 164 valence electrons. The third kappa shape index (κ3) is 7.48. The van der Waals surface area contributed by atoms with Crippen molar-refractivity contribution in [3.05, 3.63) is 95.6 Å². The Labute approximate surface area is 183 Å². The maximum atomic E-state index is 12.5. The van der Waals surface area contributed by atoms with Crippen molar-refractivity contribution in [3.8, 4) is 5.75 Å². The van der Waals surface area contributed by atoms with Crippen LogP contribution in [0.1, 0.15) is 16.7 Å². The number of rotatable bonds is 12. The molecule has 3 rings (SSSR count). The van der Waals surface area contributed by atoms with Crippen LogP contribution in [0, 0.1) is 0 Å². The molecular weight excluding hydrogens is 414 g/mol. The molecule has 3 aromatic carbocycles. The molecule has 6 nitrogen and oxygen atoms in total. The molecule has 0 amide bonds. The van der Waals surface area contributed by atoms with Crippen molar-refractivity contribution in [2.24, 2.45) is 0 Å². The van der Waals surface area contributed by atoms with Crippen molar-refractivity contribution in [3.63, 3.8) is 0 Å². The zero-order valence-corrected chi connectivity index (χ0v) is 18.3. The molecule has 0 bridgehead atoms. The highest BCUT2D eigenvalue weighted by molar-refractivity contribution is 7.89. The average molecular weight is 442 g/mol. The van der Waals surface area contributed by atoms with Gasteiger partial charge in [0.05, 0.1) is 24.7 Å². The Balaban J connectivity index is 1.47. The van der Waals surface area contributed by atoms with Gasteiger partial charge in [-0.2, -0.15) is 0 Å². The molecule has 0 spiro atoms. The summed E-state index contributed by atoms with van der Waals surface area (Å²) >= 11 is 0. The van der Waals surface area contributed by atoms with E-state index in [0.29, 0.717) is 32.2 Å². The molecule has 0 atom stereocenters. The second kappa shape index (κ2) is 11.6. The molecule has 0 aliphatic rings. The van der Waals surface area contributed by atoms with Crippen molar-refractivity contribution in [2.75, 3.05) is 20.3 Å². The van der Waals surface area contributed by atoms with E-state index in [9.17, 15) is 8.42 Å². The van der Waals surface area contributed by atoms with Crippen molar-refractivity contribution in [1.29, 1.82) is 0 Å². The number of benzene rings is 3. The number of methoxy groups -OCH3 is 1. The van der Waals surface area contributed by atoms with Gasteiger partial charge in [-0.15, -0.1) is 0 Å². The van der Waals surface area contributed by atoms with Crippen molar-refractivity contribution in [2.45, 2.75) is 24.7 Å². The highest BCUT2D eigenvalue weighted by Crippen LogP contribution is 2.16. The summed E-state index contributed by atoms with van der Waals surface area (Å²) in [5, 5.41) is 0. The second-order valence-corrected chi connectivity index (χ2v) is 8.70. The molecule has 3 aromatic rings. The van der Waals surface area contributed by atoms with Gasteiger partial charge in [-0.05, 0) is 41.0 Å². The van der Waals surface area contributed by atoms with Gasteiger partial charge < -0.3 is 14.2 Å². The normalized spacial score (nSPS) is 11.4. The molecule has 1 N–H and O–H groups in total. The largest absolute Gasteiger partial charge is 0.491 e. The fourth-order valence-electron chi connectivity index (χ4n) is 2.83. The monoisotopic (exact) mass is 441 g/mol. The van der Waals surface area contributed by atoms with Gasteiger partial charge in [0.15, 0.2) is 0 Å². The van der Waals surface area contributed by atoms with Gasteiger partial charge in [0, 0.05) is 13.7 Å². The van der Waals surface area contributed by atoms with E-state index >= 15 is 0 Å². The Bertz CT molecular complexity index is 1020. The zero-order chi connectivity index (χ0) is 21.9. The molecule has 7 heteroatoms. The lowest BCUT2D eigenvalue weighted by Gasteiger charge is -2.10. The van der Waals surface area contributed by atoms with Gasteiger partial charge in [0.25, 0.3) is 0 Å². The summed E-state index contributed by atoms with van der Waals surface area (Å²) in [4.78, 5) is 0.192. The summed E-state index contributed by atoms with van der Waals surface area (Å²) in [6.07, 6.45) is 0. The van der Waals surface area contributed by atoms with Crippen molar-refractivity contribution < 1.29 is 22.6 Å². The molecule has 0 aliphatic carbocycles. The van der Waals surface area contributed by atoms with E-state index in [1.54, 1.807) is 19.2 Å². The summed E-state index contributed by atoms with van der Waals surface area (Å²) in [7, 11) is -2.01. The Morgan fingerprint density at radius 1 is 0.742 bits per heavy atom. The fraction of sp³-hybridized carbons (Fsp3) is 0.250. The summed E-state index contributed by atoms with van der Waals surface area (Å²) in [5.74, 6) is 0.598. The highest BCUT2D eigenvalue weighted by atomic mass is 32.2. The molecule has 0 aliphatic heterocycles. The number of hydrogen-bond acceptors (Lipinski definition) is 5. The van der Waals surface area contributed by atoms with Crippen LogP contribution < -0.4 is 9.46 Å². The predicted octanol–water partition coefficient (Wildman–Crippen LogP) is 3.91. The maximum absolute atomic E-state index is 12.5. The van der Waals surface area contributed by atoms with Crippen LogP contribution in [0.25, 0.3) is 0 Å². The van der Waals surface area contributed by atoms with Gasteiger partial charge in [-0.1, -0.05) is 54.6 Å². The molecule has 0 radical (unpaired) electrons. The van der Waals surface area contributed by atoms with Crippen LogP contribution >= 0.6 is 0 Å². The van der Waals surface area contributed by atoms with Crippen molar-refractivity contribution >= 4 is 10.0 Å². The van der Waals surface area contributed by atoms with Crippen LogP contribution in [-0.2, 0) is 39.3 Å². The topological polar surface area (TPSA) is 73.9 Å². The van der Waals surface area contributed by atoms with Gasteiger partial charge in [-0.3, -0.25) is 0 Å². The average Bonchev–Trinajstić information content (AvgIpc) is 2.80. The zero-order valence-electron chi connectivity index (χ0n) is 17.5. The van der Waals surface area contributed by atoms with Gasteiger partial charge >= 0.3 is 0 Å². The van der Waals surface area contributed by atoms with E-state index in [1.165, 1.54) is 12.1 Å². The minimum Gasteiger partial charge on any atom is -0.491 e. The SMILES string of the molecule is COCCOc1ccc(S(=O)(=O)NCc2ccc(COCc3ccccc3)cc2)cc1. The standard InChI is InChI=1S/C24H27NO5S/c1-28-15-16-30-23-11-13-24(14-12-23)31(26,27)25-17-20-7-9-22(10-8-20)19-29-18-21-5-3-2-4-6-21/h2-14,25H,15-19H2,1H3. The summed E-state index contributed by atoms with van der Waals surface area (Å²) in [5.41, 5.74) is 3.03. The van der Waals surface area contributed by atoms with E-state index in [-0.39, 0.29) is 11.4 Å². The molecule has 31 heavy (non-hydrogen) atoms. The highest BCUT2D eigenvalue weighted by Gasteiger charge is 2.13. The fourth-order valence-corrected chi connectivity index (χ4v) is 3.85. The lowest BCUT2D eigenvalue weighted by atomic mass is 10.1. The van der Waals surface area contributed by atoms with Crippen LogP contribution in [0.5, 0.6) is 5.75 Å². The Hall–Kier alpha value is -2.71. The first-order valence-corrected chi connectivity index (χ1v) is 11.5. The molecule has 0 heterocycles. The minimum absolute atomic E-state index is 0.192. The van der Waals surface area contributed by atoms with E-state index in [0.717, 1.165) is 16.7 Å². The van der Waals surface area contributed by atoms with Crippen LogP contribution in [-0.4, -0.2) is 28.7 Å². The molecule has 0 aromatic heterocycles. The van der Waals surface area contributed by atoms with E-state index in [2.05, 4.69) is 4.72 Å². The van der Waals surface area contributed by atoms with Crippen LogP contribution in [0.3, 0.4) is 0 Å². The smallest absolute Gasteiger partial charge is 0.240 e. The minimum atomic E-state index is -3.61. The first kappa shape index (κ1) is 23.0. The van der Waals surface area contributed by atoms with Crippen LogP contribution in [0.15, 0.2) is 83.8 Å². The Morgan fingerprint density at radius 3 is 2.00 bits per heavy atom. The molecule has 0 saturated carbocycles. The molecular formula is C24H27NO5S. The third-order valence-corrected chi connectivity index (χ3v) is 5.98. The first-order valence-electron chi connectivity index (χ1n) is 9.98. The predicted molar refractivity (Wildman–Crippen MR) is 119 cm³/mol. The van der Waals surface area contributed by atoms with Crippen LogP contribution in [0.2, 0.25) is 0 Å². The van der Waals surface area contributed by atoms with E-state index in [4.69, 9.17) is 14.2 Å².